The molecule has 2 aromatic carbocycles. The van der Waals surface area contributed by atoms with Gasteiger partial charge >= 0.3 is 5.97 Å². The van der Waals surface area contributed by atoms with Crippen LogP contribution in [0.3, 0.4) is 0 Å². The number of aromatic nitrogens is 2. The average Bonchev–Trinajstić information content (AvgIpc) is 3.09. The van der Waals surface area contributed by atoms with E-state index in [9.17, 15) is 4.79 Å². The number of nitrogens with zero attached hydrogens (tertiary/aromatic N) is 2. The predicted molar refractivity (Wildman–Crippen MR) is 89.4 cm³/mol. The monoisotopic (exact) mass is 304 g/mol. The van der Waals surface area contributed by atoms with Crippen LogP contribution >= 0.6 is 0 Å². The van der Waals surface area contributed by atoms with Crippen LogP contribution in [0.1, 0.15) is 11.1 Å². The van der Waals surface area contributed by atoms with E-state index in [2.05, 4.69) is 4.98 Å². The topological polar surface area (TPSA) is 44.1 Å². The summed E-state index contributed by atoms with van der Waals surface area (Å²) in [5.74, 6) is 0.105. The van der Waals surface area contributed by atoms with E-state index in [1.54, 1.807) is 30.7 Å². The van der Waals surface area contributed by atoms with Crippen molar-refractivity contribution >= 4 is 12.0 Å². The summed E-state index contributed by atoms with van der Waals surface area (Å²) >= 11 is 0. The van der Waals surface area contributed by atoms with Crippen LogP contribution < -0.4 is 4.74 Å². The normalized spacial score (nSPS) is 10.8. The van der Waals surface area contributed by atoms with E-state index in [-0.39, 0.29) is 0 Å². The zero-order chi connectivity index (χ0) is 16.1. The summed E-state index contributed by atoms with van der Waals surface area (Å²) in [6.07, 6.45) is 8.44. The molecular weight excluding hydrogens is 288 g/mol. The number of hydrogen-bond acceptors (Lipinski definition) is 3. The first-order valence-electron chi connectivity index (χ1n) is 7.26. The number of carbonyl (C=O) groups excluding carboxylic acids is 1. The Morgan fingerprint density at radius 3 is 2.48 bits per heavy atom. The average molecular weight is 304 g/mol. The highest BCUT2D eigenvalue weighted by Crippen LogP contribution is 2.15. The third kappa shape index (κ3) is 3.95. The Hall–Kier alpha value is -3.14. The van der Waals surface area contributed by atoms with Crippen molar-refractivity contribution < 1.29 is 9.53 Å². The molecule has 0 spiro atoms. The molecule has 114 valence electrons. The Kier molecular flexibility index (Phi) is 4.34. The zero-order valence-corrected chi connectivity index (χ0v) is 12.7. The molecular formula is C19H16N2O2. The Balaban J connectivity index is 1.62. The van der Waals surface area contributed by atoms with Gasteiger partial charge in [0.15, 0.2) is 0 Å². The zero-order valence-electron chi connectivity index (χ0n) is 12.7. The molecule has 0 aliphatic heterocycles. The van der Waals surface area contributed by atoms with E-state index in [1.807, 2.05) is 54.1 Å². The molecule has 0 radical (unpaired) electrons. The summed E-state index contributed by atoms with van der Waals surface area (Å²) in [4.78, 5) is 15.8. The third-order valence-corrected chi connectivity index (χ3v) is 3.35. The van der Waals surface area contributed by atoms with Crippen molar-refractivity contribution in [3.8, 4) is 11.4 Å². The Labute approximate surface area is 134 Å². The van der Waals surface area contributed by atoms with Gasteiger partial charge in [0.05, 0.1) is 6.33 Å². The summed E-state index contributed by atoms with van der Waals surface area (Å²) < 4.78 is 7.16. The molecule has 3 rings (SSSR count). The number of carbonyl (C=O) groups is 1. The summed E-state index contributed by atoms with van der Waals surface area (Å²) in [6, 6.07) is 15.2. The molecule has 0 bridgehead atoms. The first-order valence-corrected chi connectivity index (χ1v) is 7.26. The van der Waals surface area contributed by atoms with Crippen LogP contribution in [0, 0.1) is 6.92 Å². The fourth-order valence-corrected chi connectivity index (χ4v) is 2.09. The lowest BCUT2D eigenvalue weighted by atomic mass is 10.1. The maximum atomic E-state index is 11.8. The molecule has 0 saturated heterocycles. The minimum Gasteiger partial charge on any atom is -0.423 e. The quantitative estimate of drug-likeness (QED) is 0.418. The van der Waals surface area contributed by atoms with E-state index in [0.29, 0.717) is 5.75 Å². The number of imidazole rings is 1. The SMILES string of the molecule is Cc1ccc(/C=C/C(=O)Oc2ccc(-n3ccnc3)cc2)cc1. The van der Waals surface area contributed by atoms with Crippen LogP contribution in [0.25, 0.3) is 11.8 Å². The van der Waals surface area contributed by atoms with E-state index < -0.39 is 5.97 Å². The van der Waals surface area contributed by atoms with Gasteiger partial charge in [-0.15, -0.1) is 0 Å². The van der Waals surface area contributed by atoms with E-state index in [1.165, 1.54) is 11.6 Å². The highest BCUT2D eigenvalue weighted by Gasteiger charge is 2.01. The Morgan fingerprint density at radius 2 is 1.83 bits per heavy atom. The fraction of sp³-hybridized carbons (Fsp3) is 0.0526. The molecule has 0 amide bonds. The van der Waals surface area contributed by atoms with Gasteiger partial charge in [-0.1, -0.05) is 29.8 Å². The van der Waals surface area contributed by atoms with Crippen LogP contribution in [-0.2, 0) is 4.79 Å². The summed E-state index contributed by atoms with van der Waals surface area (Å²) in [6.45, 7) is 2.02. The molecule has 1 heterocycles. The summed E-state index contributed by atoms with van der Waals surface area (Å²) in [5.41, 5.74) is 3.10. The van der Waals surface area contributed by atoms with Gasteiger partial charge in [0.2, 0.25) is 0 Å². The fourth-order valence-electron chi connectivity index (χ4n) is 2.09. The number of ether oxygens (including phenoxy) is 1. The van der Waals surface area contributed by atoms with Crippen molar-refractivity contribution in [1.82, 2.24) is 9.55 Å². The molecule has 0 aliphatic rings. The molecule has 0 N–H and O–H groups in total. The van der Waals surface area contributed by atoms with E-state index in [0.717, 1.165) is 11.3 Å². The Bertz CT molecular complexity index is 802. The van der Waals surface area contributed by atoms with Gasteiger partial charge in [0.1, 0.15) is 5.75 Å². The highest BCUT2D eigenvalue weighted by molar-refractivity contribution is 5.88. The molecule has 4 nitrogen and oxygen atoms in total. The van der Waals surface area contributed by atoms with Crippen molar-refractivity contribution in [2.45, 2.75) is 6.92 Å². The lowest BCUT2D eigenvalue weighted by Crippen LogP contribution is -2.03. The number of benzene rings is 2. The standard InChI is InChI=1S/C19H16N2O2/c1-15-2-4-16(5-3-15)6-11-19(22)23-18-9-7-17(8-10-18)21-13-12-20-14-21/h2-14H,1H3/b11-6+. The van der Waals surface area contributed by atoms with Crippen LogP contribution in [0.2, 0.25) is 0 Å². The number of rotatable bonds is 4. The van der Waals surface area contributed by atoms with Gasteiger partial charge in [-0.25, -0.2) is 9.78 Å². The summed E-state index contributed by atoms with van der Waals surface area (Å²) in [5, 5.41) is 0. The van der Waals surface area contributed by atoms with Gasteiger partial charge in [0.25, 0.3) is 0 Å². The molecule has 0 atom stereocenters. The number of esters is 1. The molecule has 3 aromatic rings. The number of hydrogen-bond donors (Lipinski definition) is 0. The van der Waals surface area contributed by atoms with Crippen LogP contribution in [0.15, 0.2) is 73.3 Å². The lowest BCUT2D eigenvalue weighted by molar-refractivity contribution is -0.128. The van der Waals surface area contributed by atoms with Crippen LogP contribution in [-0.4, -0.2) is 15.5 Å². The van der Waals surface area contributed by atoms with Gasteiger partial charge < -0.3 is 9.30 Å². The second-order valence-corrected chi connectivity index (χ2v) is 5.13. The van der Waals surface area contributed by atoms with Crippen molar-refractivity contribution in [3.05, 3.63) is 84.5 Å². The molecule has 0 saturated carbocycles. The Morgan fingerprint density at radius 1 is 1.09 bits per heavy atom. The van der Waals surface area contributed by atoms with Gasteiger partial charge in [-0.2, -0.15) is 0 Å². The molecule has 0 unspecified atom stereocenters. The van der Waals surface area contributed by atoms with Crippen molar-refractivity contribution in [2.24, 2.45) is 0 Å². The second-order valence-electron chi connectivity index (χ2n) is 5.13. The lowest BCUT2D eigenvalue weighted by Gasteiger charge is -2.04. The van der Waals surface area contributed by atoms with Gasteiger partial charge in [0, 0.05) is 24.2 Å². The van der Waals surface area contributed by atoms with Crippen molar-refractivity contribution in [2.75, 3.05) is 0 Å². The second kappa shape index (κ2) is 6.75. The van der Waals surface area contributed by atoms with Crippen molar-refractivity contribution in [1.29, 1.82) is 0 Å². The van der Waals surface area contributed by atoms with Gasteiger partial charge in [-0.3, -0.25) is 0 Å². The minimum absolute atomic E-state index is 0.402. The van der Waals surface area contributed by atoms with Gasteiger partial charge in [-0.05, 0) is 42.8 Å². The van der Waals surface area contributed by atoms with E-state index in [4.69, 9.17) is 4.74 Å². The summed E-state index contributed by atoms with van der Waals surface area (Å²) in [7, 11) is 0. The van der Waals surface area contributed by atoms with E-state index >= 15 is 0 Å². The molecule has 0 aliphatic carbocycles. The number of aryl methyl sites for hydroxylation is 1. The molecule has 0 fully saturated rings. The minimum atomic E-state index is -0.402. The molecule has 1 aromatic heterocycles. The maximum absolute atomic E-state index is 11.8. The third-order valence-electron chi connectivity index (χ3n) is 3.35. The van der Waals surface area contributed by atoms with Crippen molar-refractivity contribution in [3.63, 3.8) is 0 Å². The van der Waals surface area contributed by atoms with Crippen LogP contribution in [0.4, 0.5) is 0 Å². The van der Waals surface area contributed by atoms with Crippen LogP contribution in [0.5, 0.6) is 5.75 Å². The molecule has 23 heavy (non-hydrogen) atoms. The maximum Gasteiger partial charge on any atom is 0.336 e. The highest BCUT2D eigenvalue weighted by atomic mass is 16.5. The first-order chi connectivity index (χ1) is 11.2. The smallest absolute Gasteiger partial charge is 0.336 e. The largest absolute Gasteiger partial charge is 0.423 e. The first kappa shape index (κ1) is 14.8. The predicted octanol–water partition coefficient (Wildman–Crippen LogP) is 3.80. The molecule has 4 heteroatoms.